The maximum absolute atomic E-state index is 8.51. The lowest BCUT2D eigenvalue weighted by Gasteiger charge is -1.98. The highest BCUT2D eigenvalue weighted by Gasteiger charge is 2.04. The van der Waals surface area contributed by atoms with Gasteiger partial charge in [0.15, 0.2) is 11.7 Å². The van der Waals surface area contributed by atoms with Gasteiger partial charge in [-0.2, -0.15) is 4.99 Å². The normalized spacial score (nSPS) is 11.7. The van der Waals surface area contributed by atoms with E-state index < -0.39 is 0 Å². The van der Waals surface area contributed by atoms with Crippen LogP contribution < -0.4 is 11.5 Å². The number of aromatic nitrogens is 2. The molecule has 8 heteroatoms. The number of nitrogens with zero attached hydrogens (tertiary/aromatic N) is 2. The van der Waals surface area contributed by atoms with Crippen LogP contribution in [0.15, 0.2) is 11.2 Å². The topological polar surface area (TPSA) is 146 Å². The first kappa shape index (κ1) is 12.1. The highest BCUT2D eigenvalue weighted by molar-refractivity contribution is 6.01. The van der Waals surface area contributed by atoms with Crippen molar-refractivity contribution >= 4 is 11.8 Å². The van der Waals surface area contributed by atoms with E-state index in [9.17, 15) is 0 Å². The van der Waals surface area contributed by atoms with Gasteiger partial charge in [0.1, 0.15) is 0 Å². The Kier molecular flexibility index (Phi) is 4.42. The molecular formula is C8H14N6O2. The molecule has 88 valence electrons. The number of imidazole rings is 1. The quantitative estimate of drug-likeness (QED) is 0.236. The SMILES string of the molecule is N=C(N)N=C(N)c1ncc(COCCO)[nH]1. The van der Waals surface area contributed by atoms with E-state index in [0.717, 1.165) is 0 Å². The predicted molar refractivity (Wildman–Crippen MR) is 58.0 cm³/mol. The summed E-state index contributed by atoms with van der Waals surface area (Å²) in [7, 11) is 0. The van der Waals surface area contributed by atoms with E-state index in [0.29, 0.717) is 18.1 Å². The molecule has 1 aromatic heterocycles. The number of hydrogen-bond acceptors (Lipinski definition) is 4. The highest BCUT2D eigenvalue weighted by atomic mass is 16.5. The van der Waals surface area contributed by atoms with Gasteiger partial charge in [0.2, 0.25) is 5.96 Å². The van der Waals surface area contributed by atoms with E-state index in [1.807, 2.05) is 0 Å². The van der Waals surface area contributed by atoms with Crippen molar-refractivity contribution in [3.8, 4) is 0 Å². The third kappa shape index (κ3) is 3.67. The second kappa shape index (κ2) is 5.83. The number of nitrogens with two attached hydrogens (primary N) is 2. The zero-order valence-electron chi connectivity index (χ0n) is 8.60. The van der Waals surface area contributed by atoms with E-state index in [1.54, 1.807) is 0 Å². The van der Waals surface area contributed by atoms with Gasteiger partial charge in [-0.05, 0) is 0 Å². The van der Waals surface area contributed by atoms with Crippen LogP contribution in [-0.2, 0) is 11.3 Å². The van der Waals surface area contributed by atoms with Gasteiger partial charge in [-0.3, -0.25) is 5.41 Å². The first-order chi connectivity index (χ1) is 7.63. The molecule has 0 spiro atoms. The monoisotopic (exact) mass is 226 g/mol. The molecule has 1 rings (SSSR count). The van der Waals surface area contributed by atoms with Gasteiger partial charge in [0.05, 0.1) is 31.7 Å². The minimum absolute atomic E-state index is 0.0328. The first-order valence-electron chi connectivity index (χ1n) is 4.54. The average molecular weight is 226 g/mol. The van der Waals surface area contributed by atoms with Gasteiger partial charge in [-0.15, -0.1) is 0 Å². The number of hydrogen-bond donors (Lipinski definition) is 5. The molecule has 0 amide bonds. The third-order valence-corrected chi connectivity index (χ3v) is 1.61. The van der Waals surface area contributed by atoms with Crippen molar-refractivity contribution in [2.75, 3.05) is 13.2 Å². The lowest BCUT2D eigenvalue weighted by Crippen LogP contribution is -2.20. The average Bonchev–Trinajstić information content (AvgIpc) is 2.66. The molecule has 0 aromatic carbocycles. The summed E-state index contributed by atoms with van der Waals surface area (Å²) in [5, 5.41) is 15.4. The van der Waals surface area contributed by atoms with Crippen LogP contribution in [0.1, 0.15) is 11.5 Å². The van der Waals surface area contributed by atoms with Gasteiger partial charge in [-0.25, -0.2) is 4.98 Å². The van der Waals surface area contributed by atoms with Gasteiger partial charge in [0.25, 0.3) is 0 Å². The van der Waals surface area contributed by atoms with Crippen LogP contribution in [0, 0.1) is 5.41 Å². The summed E-state index contributed by atoms with van der Waals surface area (Å²) in [5.74, 6) is -0.00862. The number of nitrogens with one attached hydrogen (secondary N) is 2. The van der Waals surface area contributed by atoms with Crippen molar-refractivity contribution in [3.63, 3.8) is 0 Å². The molecular weight excluding hydrogens is 212 g/mol. The Morgan fingerprint density at radius 1 is 1.62 bits per heavy atom. The number of H-pyrrole nitrogens is 1. The number of aliphatic imine (C=N–C) groups is 1. The van der Waals surface area contributed by atoms with E-state index in [2.05, 4.69) is 15.0 Å². The van der Waals surface area contributed by atoms with E-state index in [-0.39, 0.29) is 25.0 Å². The Labute approximate surface area is 91.9 Å². The summed E-state index contributed by atoms with van der Waals surface area (Å²) in [6, 6.07) is 0. The Bertz CT molecular complexity index is 386. The van der Waals surface area contributed by atoms with E-state index in [1.165, 1.54) is 6.20 Å². The third-order valence-electron chi connectivity index (χ3n) is 1.61. The standard InChI is InChI=1S/C8H14N6O2/c9-6(14-8(10)11)7-12-3-5(13-7)4-16-2-1-15/h3,15H,1-2,4H2,(H,12,13)(H5,9,10,11,14). The van der Waals surface area contributed by atoms with Crippen LogP contribution >= 0.6 is 0 Å². The summed E-state index contributed by atoms with van der Waals surface area (Å²) in [4.78, 5) is 10.3. The summed E-state index contributed by atoms with van der Waals surface area (Å²) >= 11 is 0. The lowest BCUT2D eigenvalue weighted by atomic mass is 10.5. The maximum Gasteiger partial charge on any atom is 0.214 e. The Hall–Kier alpha value is -1.93. The minimum atomic E-state index is -0.382. The first-order valence-corrected chi connectivity index (χ1v) is 4.54. The molecule has 1 heterocycles. The number of aromatic amines is 1. The zero-order chi connectivity index (χ0) is 12.0. The molecule has 0 saturated heterocycles. The van der Waals surface area contributed by atoms with Gasteiger partial charge in [0, 0.05) is 0 Å². The van der Waals surface area contributed by atoms with Crippen LogP contribution in [-0.4, -0.2) is 40.1 Å². The number of aliphatic hydroxyl groups excluding tert-OH is 1. The van der Waals surface area contributed by atoms with Crippen LogP contribution in [0.2, 0.25) is 0 Å². The smallest absolute Gasteiger partial charge is 0.214 e. The zero-order valence-corrected chi connectivity index (χ0v) is 8.60. The molecule has 0 radical (unpaired) electrons. The van der Waals surface area contributed by atoms with Crippen LogP contribution in [0.4, 0.5) is 0 Å². The van der Waals surface area contributed by atoms with Gasteiger partial charge >= 0.3 is 0 Å². The molecule has 7 N–H and O–H groups in total. The van der Waals surface area contributed by atoms with Crippen LogP contribution in [0.25, 0.3) is 0 Å². The molecule has 0 aliphatic rings. The second-order valence-electron chi connectivity index (χ2n) is 2.92. The van der Waals surface area contributed by atoms with E-state index in [4.69, 9.17) is 26.7 Å². The van der Waals surface area contributed by atoms with Crippen molar-refractivity contribution in [2.45, 2.75) is 6.61 Å². The predicted octanol–water partition coefficient (Wildman–Crippen LogP) is -1.48. The van der Waals surface area contributed by atoms with Crippen LogP contribution in [0.3, 0.4) is 0 Å². The van der Waals surface area contributed by atoms with Crippen molar-refractivity contribution in [1.82, 2.24) is 9.97 Å². The molecule has 16 heavy (non-hydrogen) atoms. The van der Waals surface area contributed by atoms with Crippen molar-refractivity contribution in [2.24, 2.45) is 16.5 Å². The fraction of sp³-hybridized carbons (Fsp3) is 0.375. The molecule has 0 saturated carbocycles. The second-order valence-corrected chi connectivity index (χ2v) is 2.92. The Morgan fingerprint density at radius 3 is 3.00 bits per heavy atom. The summed E-state index contributed by atoms with van der Waals surface area (Å²) < 4.78 is 5.07. The lowest BCUT2D eigenvalue weighted by molar-refractivity contribution is 0.0799. The number of ether oxygens (including phenoxy) is 1. The van der Waals surface area contributed by atoms with Gasteiger partial charge < -0.3 is 26.3 Å². The minimum Gasteiger partial charge on any atom is -0.394 e. The number of rotatable bonds is 5. The van der Waals surface area contributed by atoms with E-state index >= 15 is 0 Å². The summed E-state index contributed by atoms with van der Waals surface area (Å²) in [6.07, 6.45) is 1.54. The fourth-order valence-corrected chi connectivity index (χ4v) is 0.992. The number of guanidine groups is 1. The molecule has 0 unspecified atom stereocenters. The van der Waals surface area contributed by atoms with Crippen molar-refractivity contribution < 1.29 is 9.84 Å². The Balaban J connectivity index is 2.60. The molecule has 8 nitrogen and oxygen atoms in total. The molecule has 0 fully saturated rings. The van der Waals surface area contributed by atoms with Crippen LogP contribution in [0.5, 0.6) is 0 Å². The number of aliphatic hydroxyl groups is 1. The fourth-order valence-electron chi connectivity index (χ4n) is 0.992. The number of amidine groups is 1. The summed E-state index contributed by atoms with van der Waals surface area (Å²) in [5.41, 5.74) is 11.3. The maximum atomic E-state index is 8.51. The molecule has 1 aromatic rings. The molecule has 0 atom stereocenters. The molecule has 0 aliphatic carbocycles. The Morgan fingerprint density at radius 2 is 2.38 bits per heavy atom. The highest BCUT2D eigenvalue weighted by Crippen LogP contribution is 1.99. The van der Waals surface area contributed by atoms with Crippen molar-refractivity contribution in [1.29, 1.82) is 5.41 Å². The molecule has 0 aliphatic heterocycles. The largest absolute Gasteiger partial charge is 0.394 e. The summed E-state index contributed by atoms with van der Waals surface area (Å²) in [6.45, 7) is 0.515. The van der Waals surface area contributed by atoms with Gasteiger partial charge in [-0.1, -0.05) is 0 Å². The van der Waals surface area contributed by atoms with Crippen molar-refractivity contribution in [3.05, 3.63) is 17.7 Å². The molecule has 0 bridgehead atoms.